The van der Waals surface area contributed by atoms with Crippen molar-refractivity contribution in [1.82, 2.24) is 0 Å². The van der Waals surface area contributed by atoms with Gasteiger partial charge in [-0.2, -0.15) is 0 Å². The van der Waals surface area contributed by atoms with Crippen molar-refractivity contribution in [2.75, 3.05) is 16.8 Å². The Morgan fingerprint density at radius 3 is 2.60 bits per heavy atom. The van der Waals surface area contributed by atoms with Crippen LogP contribution in [0, 0.1) is 31.4 Å². The summed E-state index contributed by atoms with van der Waals surface area (Å²) in [6.07, 6.45) is 0.0575. The second kappa shape index (κ2) is 6.63. The maximum atomic E-state index is 13.7. The molecule has 25 heavy (non-hydrogen) atoms. The highest BCUT2D eigenvalue weighted by molar-refractivity contribution is 6.03. The summed E-state index contributed by atoms with van der Waals surface area (Å²) in [6, 6.07) is 8.70. The fourth-order valence-electron chi connectivity index (χ4n) is 3.05. The first-order valence-electron chi connectivity index (χ1n) is 7.98. The molecule has 1 atom stereocenters. The van der Waals surface area contributed by atoms with Gasteiger partial charge in [-0.05, 0) is 37.6 Å². The second-order valence-corrected chi connectivity index (χ2v) is 6.31. The van der Waals surface area contributed by atoms with E-state index in [2.05, 4.69) is 5.32 Å². The molecular formula is C19H18F2N2O2. The van der Waals surface area contributed by atoms with E-state index in [0.29, 0.717) is 6.07 Å². The zero-order valence-corrected chi connectivity index (χ0v) is 14.0. The first-order chi connectivity index (χ1) is 11.8. The Balaban J connectivity index is 1.74. The summed E-state index contributed by atoms with van der Waals surface area (Å²) in [4.78, 5) is 26.3. The zero-order valence-electron chi connectivity index (χ0n) is 14.0. The molecule has 130 valence electrons. The average molecular weight is 344 g/mol. The molecule has 2 aromatic rings. The molecule has 0 spiro atoms. The number of nitrogens with zero attached hydrogens (tertiary/aromatic N) is 1. The highest BCUT2D eigenvalue weighted by Crippen LogP contribution is 2.29. The molecule has 1 fully saturated rings. The van der Waals surface area contributed by atoms with E-state index in [1.807, 2.05) is 32.0 Å². The van der Waals surface area contributed by atoms with Crippen molar-refractivity contribution >= 4 is 23.2 Å². The number of carbonyl (C=O) groups excluding carboxylic acids is 2. The van der Waals surface area contributed by atoms with Crippen molar-refractivity contribution in [3.8, 4) is 0 Å². The van der Waals surface area contributed by atoms with Crippen molar-refractivity contribution in [2.24, 2.45) is 5.92 Å². The molecule has 0 radical (unpaired) electrons. The van der Waals surface area contributed by atoms with Gasteiger partial charge < -0.3 is 10.2 Å². The number of hydrogen-bond donors (Lipinski definition) is 1. The van der Waals surface area contributed by atoms with Crippen LogP contribution in [0.1, 0.15) is 17.5 Å². The minimum absolute atomic E-state index is 0.0575. The van der Waals surface area contributed by atoms with E-state index in [1.54, 1.807) is 4.90 Å². The topological polar surface area (TPSA) is 49.4 Å². The number of anilines is 2. The zero-order chi connectivity index (χ0) is 18.1. The van der Waals surface area contributed by atoms with Crippen LogP contribution in [0.15, 0.2) is 36.4 Å². The molecule has 0 aromatic heterocycles. The van der Waals surface area contributed by atoms with Gasteiger partial charge in [-0.25, -0.2) is 8.78 Å². The van der Waals surface area contributed by atoms with E-state index >= 15 is 0 Å². The van der Waals surface area contributed by atoms with Gasteiger partial charge in [0, 0.05) is 24.7 Å². The van der Waals surface area contributed by atoms with Crippen LogP contribution in [0.4, 0.5) is 20.2 Å². The van der Waals surface area contributed by atoms with E-state index in [-0.39, 0.29) is 24.6 Å². The highest BCUT2D eigenvalue weighted by atomic mass is 19.1. The van der Waals surface area contributed by atoms with Crippen LogP contribution in [0.3, 0.4) is 0 Å². The van der Waals surface area contributed by atoms with Gasteiger partial charge in [-0.1, -0.05) is 17.7 Å². The SMILES string of the molecule is Cc1ccc(N2CC(C(=O)Nc3ccc(F)cc3F)CC2=O)c(C)c1. The number of nitrogens with one attached hydrogen (secondary N) is 1. The van der Waals surface area contributed by atoms with Crippen LogP contribution in [0.5, 0.6) is 0 Å². The minimum Gasteiger partial charge on any atom is -0.323 e. The molecular weight excluding hydrogens is 326 g/mol. The molecule has 1 saturated heterocycles. The Kier molecular flexibility index (Phi) is 4.53. The van der Waals surface area contributed by atoms with Gasteiger partial charge in [-0.15, -0.1) is 0 Å². The van der Waals surface area contributed by atoms with Crippen LogP contribution in [-0.2, 0) is 9.59 Å². The summed E-state index contributed by atoms with van der Waals surface area (Å²) < 4.78 is 26.6. The van der Waals surface area contributed by atoms with Gasteiger partial charge in [-0.3, -0.25) is 9.59 Å². The summed E-state index contributed by atoms with van der Waals surface area (Å²) in [5, 5.41) is 2.44. The molecule has 1 N–H and O–H groups in total. The van der Waals surface area contributed by atoms with Crippen molar-refractivity contribution in [3.05, 3.63) is 59.2 Å². The predicted molar refractivity (Wildman–Crippen MR) is 91.4 cm³/mol. The third-order valence-electron chi connectivity index (χ3n) is 4.33. The molecule has 0 saturated carbocycles. The lowest BCUT2D eigenvalue weighted by molar-refractivity contribution is -0.122. The second-order valence-electron chi connectivity index (χ2n) is 6.31. The number of aryl methyl sites for hydroxylation is 2. The maximum absolute atomic E-state index is 13.7. The smallest absolute Gasteiger partial charge is 0.229 e. The number of halogens is 2. The van der Waals surface area contributed by atoms with E-state index in [0.717, 1.165) is 22.9 Å². The third kappa shape index (κ3) is 3.52. The van der Waals surface area contributed by atoms with Crippen LogP contribution in [0.2, 0.25) is 0 Å². The highest BCUT2D eigenvalue weighted by Gasteiger charge is 2.35. The molecule has 4 nitrogen and oxygen atoms in total. The summed E-state index contributed by atoms with van der Waals surface area (Å²) in [5.41, 5.74) is 2.73. The number of benzene rings is 2. The summed E-state index contributed by atoms with van der Waals surface area (Å²) in [7, 11) is 0. The van der Waals surface area contributed by atoms with Gasteiger partial charge in [0.25, 0.3) is 0 Å². The molecule has 1 aliphatic heterocycles. The summed E-state index contributed by atoms with van der Waals surface area (Å²) in [5.74, 6) is -2.74. The molecule has 2 aromatic carbocycles. The monoisotopic (exact) mass is 344 g/mol. The van der Waals surface area contributed by atoms with Crippen molar-refractivity contribution in [2.45, 2.75) is 20.3 Å². The van der Waals surface area contributed by atoms with E-state index in [9.17, 15) is 18.4 Å². The third-order valence-corrected chi connectivity index (χ3v) is 4.33. The largest absolute Gasteiger partial charge is 0.323 e. The number of rotatable bonds is 3. The van der Waals surface area contributed by atoms with Gasteiger partial charge >= 0.3 is 0 Å². The van der Waals surface area contributed by atoms with Gasteiger partial charge in [0.2, 0.25) is 11.8 Å². The molecule has 2 amide bonds. The summed E-state index contributed by atoms with van der Waals surface area (Å²) >= 11 is 0. The lowest BCUT2D eigenvalue weighted by Gasteiger charge is -2.19. The molecule has 1 unspecified atom stereocenters. The average Bonchev–Trinajstić information content (AvgIpc) is 2.92. The number of carbonyl (C=O) groups is 2. The Morgan fingerprint density at radius 1 is 1.16 bits per heavy atom. The first kappa shape index (κ1) is 17.1. The molecule has 1 heterocycles. The lowest BCUT2D eigenvalue weighted by atomic mass is 10.1. The van der Waals surface area contributed by atoms with Crippen molar-refractivity contribution < 1.29 is 18.4 Å². The van der Waals surface area contributed by atoms with E-state index in [1.165, 1.54) is 6.07 Å². The maximum Gasteiger partial charge on any atom is 0.229 e. The van der Waals surface area contributed by atoms with Crippen molar-refractivity contribution in [3.63, 3.8) is 0 Å². The Bertz CT molecular complexity index is 851. The number of hydrogen-bond acceptors (Lipinski definition) is 2. The predicted octanol–water partition coefficient (Wildman–Crippen LogP) is 3.57. The molecule has 1 aliphatic rings. The van der Waals surface area contributed by atoms with Crippen LogP contribution < -0.4 is 10.2 Å². The van der Waals surface area contributed by atoms with E-state index in [4.69, 9.17) is 0 Å². The normalized spacial score (nSPS) is 17.0. The Hall–Kier alpha value is -2.76. The van der Waals surface area contributed by atoms with Crippen molar-refractivity contribution in [1.29, 1.82) is 0 Å². The molecule has 0 aliphatic carbocycles. The van der Waals surface area contributed by atoms with Gasteiger partial charge in [0.15, 0.2) is 0 Å². The van der Waals surface area contributed by atoms with Crippen LogP contribution in [-0.4, -0.2) is 18.4 Å². The van der Waals surface area contributed by atoms with Gasteiger partial charge in [0.05, 0.1) is 11.6 Å². The fourth-order valence-corrected chi connectivity index (χ4v) is 3.05. The Labute approximate surface area is 144 Å². The molecule has 3 rings (SSSR count). The van der Waals surface area contributed by atoms with Crippen LogP contribution >= 0.6 is 0 Å². The Morgan fingerprint density at radius 2 is 1.92 bits per heavy atom. The standard InChI is InChI=1S/C19H18F2N2O2/c1-11-3-6-17(12(2)7-11)23-10-13(8-18(23)24)19(25)22-16-5-4-14(20)9-15(16)21/h3-7,9,13H,8,10H2,1-2H3,(H,22,25). The summed E-state index contributed by atoms with van der Waals surface area (Å²) in [6.45, 7) is 4.12. The van der Waals surface area contributed by atoms with Crippen LogP contribution in [0.25, 0.3) is 0 Å². The molecule has 0 bridgehead atoms. The fraction of sp³-hybridized carbons (Fsp3) is 0.263. The first-order valence-corrected chi connectivity index (χ1v) is 7.98. The quantitative estimate of drug-likeness (QED) is 0.925. The minimum atomic E-state index is -0.844. The number of amides is 2. The van der Waals surface area contributed by atoms with E-state index < -0.39 is 23.5 Å². The molecule has 6 heteroatoms. The lowest BCUT2D eigenvalue weighted by Crippen LogP contribution is -2.28. The van der Waals surface area contributed by atoms with Gasteiger partial charge in [0.1, 0.15) is 11.6 Å².